The summed E-state index contributed by atoms with van der Waals surface area (Å²) in [5.74, 6) is 0.415. The third-order valence-corrected chi connectivity index (χ3v) is 7.13. The maximum absolute atomic E-state index is 12.2. The van der Waals surface area contributed by atoms with Crippen molar-refractivity contribution in [3.63, 3.8) is 0 Å². The van der Waals surface area contributed by atoms with E-state index in [0.717, 1.165) is 75.0 Å². The van der Waals surface area contributed by atoms with E-state index in [2.05, 4.69) is 65.6 Å². The van der Waals surface area contributed by atoms with Crippen LogP contribution in [0.2, 0.25) is 0 Å². The SMILES string of the molecule is C=CC(=O)Nc1cc(Nc2cc(-c3ccc4c(c3)CCNN4C)ncn2)ccc1N(C)CCN1CCOCC1. The molecule has 0 spiro atoms. The molecule has 2 aromatic carbocycles. The van der Waals surface area contributed by atoms with Gasteiger partial charge in [-0.05, 0) is 48.4 Å². The maximum Gasteiger partial charge on any atom is 0.247 e. The molecule has 10 nitrogen and oxygen atoms in total. The molecular weight excluding hydrogens is 492 g/mol. The minimum absolute atomic E-state index is 0.257. The van der Waals surface area contributed by atoms with Crippen LogP contribution in [0.3, 0.4) is 0 Å². The van der Waals surface area contributed by atoms with Gasteiger partial charge >= 0.3 is 0 Å². The van der Waals surface area contributed by atoms with Gasteiger partial charge in [0.25, 0.3) is 0 Å². The Kier molecular flexibility index (Phi) is 8.36. The Labute approximate surface area is 229 Å². The van der Waals surface area contributed by atoms with Gasteiger partial charge in [0.1, 0.15) is 12.1 Å². The van der Waals surface area contributed by atoms with E-state index in [4.69, 9.17) is 4.74 Å². The van der Waals surface area contributed by atoms with Crippen LogP contribution in [0, 0.1) is 0 Å². The number of morpholine rings is 1. The highest BCUT2D eigenvalue weighted by Crippen LogP contribution is 2.32. The lowest BCUT2D eigenvalue weighted by atomic mass is 10.0. The van der Waals surface area contributed by atoms with Crippen LogP contribution in [0.5, 0.6) is 0 Å². The molecule has 0 aliphatic carbocycles. The van der Waals surface area contributed by atoms with Gasteiger partial charge in [-0.2, -0.15) is 0 Å². The summed E-state index contributed by atoms with van der Waals surface area (Å²) in [6.07, 6.45) is 3.82. The number of carbonyl (C=O) groups is 1. The lowest BCUT2D eigenvalue weighted by molar-refractivity contribution is -0.111. The van der Waals surface area contributed by atoms with Crippen molar-refractivity contribution in [3.05, 3.63) is 67.0 Å². The number of ether oxygens (including phenoxy) is 1. The predicted molar refractivity (Wildman–Crippen MR) is 157 cm³/mol. The zero-order valence-corrected chi connectivity index (χ0v) is 22.6. The number of hydrogen-bond donors (Lipinski definition) is 3. The average Bonchev–Trinajstić information content (AvgIpc) is 2.96. The van der Waals surface area contributed by atoms with Gasteiger partial charge in [0.05, 0.1) is 36.0 Å². The summed E-state index contributed by atoms with van der Waals surface area (Å²) in [5, 5.41) is 8.40. The number of nitrogens with zero attached hydrogens (tertiary/aromatic N) is 5. The molecular formula is C29H36N8O2. The molecule has 3 N–H and O–H groups in total. The van der Waals surface area contributed by atoms with Crippen LogP contribution < -0.4 is 26.0 Å². The van der Waals surface area contributed by atoms with Gasteiger partial charge in [0.2, 0.25) is 5.91 Å². The second-order valence-electron chi connectivity index (χ2n) is 9.77. The summed E-state index contributed by atoms with van der Waals surface area (Å²) >= 11 is 0. The molecule has 0 bridgehead atoms. The van der Waals surface area contributed by atoms with E-state index in [0.29, 0.717) is 11.5 Å². The number of anilines is 5. The highest BCUT2D eigenvalue weighted by Gasteiger charge is 2.16. The minimum atomic E-state index is -0.257. The molecule has 39 heavy (non-hydrogen) atoms. The molecule has 5 rings (SSSR count). The molecule has 0 atom stereocenters. The number of rotatable bonds is 9. The Morgan fingerprint density at radius 1 is 1.18 bits per heavy atom. The number of amides is 1. The Morgan fingerprint density at radius 3 is 2.85 bits per heavy atom. The van der Waals surface area contributed by atoms with Crippen molar-refractivity contribution in [1.29, 1.82) is 0 Å². The molecule has 1 saturated heterocycles. The molecule has 10 heteroatoms. The van der Waals surface area contributed by atoms with Crippen molar-refractivity contribution < 1.29 is 9.53 Å². The Morgan fingerprint density at radius 2 is 2.03 bits per heavy atom. The van der Waals surface area contributed by atoms with Crippen LogP contribution >= 0.6 is 0 Å². The highest BCUT2D eigenvalue weighted by atomic mass is 16.5. The zero-order chi connectivity index (χ0) is 27.2. The van der Waals surface area contributed by atoms with Gasteiger partial charge < -0.3 is 25.3 Å². The number of likely N-dealkylation sites (N-methyl/N-ethyl adjacent to an activating group) is 1. The fraction of sp³-hybridized carbons (Fsp3) is 0.345. The standard InChI is InChI=1S/C29H36N8O2/c1-4-29(38)34-25-18-23(6-8-27(25)35(2)11-12-37-13-15-39-16-14-37)33-28-19-24(30-20-31-28)21-5-7-26-22(17-21)9-10-32-36(26)3/h4-8,17-20,32H,1,9-16H2,2-3H3,(H,34,38)(H,30,31,33). The average molecular weight is 529 g/mol. The van der Waals surface area contributed by atoms with Gasteiger partial charge in [0, 0.05) is 64.1 Å². The summed E-state index contributed by atoms with van der Waals surface area (Å²) < 4.78 is 5.45. The van der Waals surface area contributed by atoms with Crippen LogP contribution in [0.1, 0.15) is 5.56 Å². The van der Waals surface area contributed by atoms with Crippen LogP contribution in [0.4, 0.5) is 28.6 Å². The molecule has 1 amide bonds. The first-order valence-corrected chi connectivity index (χ1v) is 13.3. The fourth-order valence-electron chi connectivity index (χ4n) is 4.91. The number of benzene rings is 2. The lowest BCUT2D eigenvalue weighted by Crippen LogP contribution is -2.40. The molecule has 2 aliphatic heterocycles. The summed E-state index contributed by atoms with van der Waals surface area (Å²) in [6.45, 7) is 9.70. The van der Waals surface area contributed by atoms with Crippen LogP contribution in [0.25, 0.3) is 11.3 Å². The summed E-state index contributed by atoms with van der Waals surface area (Å²) in [4.78, 5) is 25.7. The monoisotopic (exact) mass is 528 g/mol. The third kappa shape index (κ3) is 6.54. The van der Waals surface area contributed by atoms with Gasteiger partial charge in [0.15, 0.2) is 0 Å². The maximum atomic E-state index is 12.2. The molecule has 3 aromatic rings. The molecule has 204 valence electrons. The van der Waals surface area contributed by atoms with Crippen molar-refractivity contribution in [3.8, 4) is 11.3 Å². The lowest BCUT2D eigenvalue weighted by Gasteiger charge is -2.30. The van der Waals surface area contributed by atoms with Crippen molar-refractivity contribution in [2.45, 2.75) is 6.42 Å². The smallest absolute Gasteiger partial charge is 0.247 e. The number of fused-ring (bicyclic) bond motifs is 1. The van der Waals surface area contributed by atoms with Gasteiger partial charge in [-0.25, -0.2) is 15.4 Å². The molecule has 1 fully saturated rings. The number of hydrogen-bond acceptors (Lipinski definition) is 9. The van der Waals surface area contributed by atoms with E-state index in [-0.39, 0.29) is 5.91 Å². The Bertz CT molecular complexity index is 1320. The number of hydrazine groups is 1. The van der Waals surface area contributed by atoms with Crippen LogP contribution in [0.15, 0.2) is 61.4 Å². The number of carbonyl (C=O) groups excluding carboxylic acids is 1. The van der Waals surface area contributed by atoms with Crippen LogP contribution in [-0.4, -0.2) is 80.8 Å². The first-order chi connectivity index (χ1) is 19.0. The molecule has 3 heterocycles. The van der Waals surface area contributed by atoms with E-state index in [1.54, 1.807) is 6.33 Å². The Hall–Kier alpha value is -3.99. The number of nitrogens with one attached hydrogen (secondary N) is 3. The third-order valence-electron chi connectivity index (χ3n) is 7.13. The highest BCUT2D eigenvalue weighted by molar-refractivity contribution is 6.01. The topological polar surface area (TPSA) is 97.9 Å². The van der Waals surface area contributed by atoms with Gasteiger partial charge in [-0.3, -0.25) is 9.69 Å². The first-order valence-electron chi connectivity index (χ1n) is 13.3. The summed E-state index contributed by atoms with van der Waals surface area (Å²) in [7, 11) is 4.07. The molecule has 2 aliphatic rings. The van der Waals surface area contributed by atoms with Crippen molar-refractivity contribution in [1.82, 2.24) is 20.3 Å². The van der Waals surface area contributed by atoms with Crippen LogP contribution in [-0.2, 0) is 16.0 Å². The second-order valence-corrected chi connectivity index (χ2v) is 9.77. The van der Waals surface area contributed by atoms with Gasteiger partial charge in [-0.1, -0.05) is 12.6 Å². The summed E-state index contributed by atoms with van der Waals surface area (Å²) in [6, 6.07) is 14.3. The Balaban J connectivity index is 1.33. The molecule has 0 radical (unpaired) electrons. The first kappa shape index (κ1) is 26.6. The minimum Gasteiger partial charge on any atom is -0.379 e. The van der Waals surface area contributed by atoms with Crippen molar-refractivity contribution in [2.24, 2.45) is 0 Å². The molecule has 0 unspecified atom stereocenters. The fourth-order valence-corrected chi connectivity index (χ4v) is 4.91. The molecule has 1 aromatic heterocycles. The second kappa shape index (κ2) is 12.2. The summed E-state index contributed by atoms with van der Waals surface area (Å²) in [5.41, 5.74) is 10.1. The molecule has 0 saturated carbocycles. The van der Waals surface area contributed by atoms with E-state index in [1.807, 2.05) is 38.4 Å². The van der Waals surface area contributed by atoms with E-state index in [1.165, 1.54) is 17.3 Å². The van der Waals surface area contributed by atoms with Crippen molar-refractivity contribution >= 4 is 34.5 Å². The predicted octanol–water partition coefficient (Wildman–Crippen LogP) is 3.28. The van der Waals surface area contributed by atoms with E-state index in [9.17, 15) is 4.79 Å². The van der Waals surface area contributed by atoms with E-state index >= 15 is 0 Å². The normalized spacial score (nSPS) is 15.4. The largest absolute Gasteiger partial charge is 0.379 e. The van der Waals surface area contributed by atoms with Crippen molar-refractivity contribution in [2.75, 3.05) is 80.6 Å². The van der Waals surface area contributed by atoms with E-state index < -0.39 is 0 Å². The quantitative estimate of drug-likeness (QED) is 0.362. The number of aromatic nitrogens is 2. The zero-order valence-electron chi connectivity index (χ0n) is 22.6. The van der Waals surface area contributed by atoms with Gasteiger partial charge in [-0.15, -0.1) is 0 Å².